The van der Waals surface area contributed by atoms with E-state index in [4.69, 9.17) is 19.3 Å². The van der Waals surface area contributed by atoms with E-state index in [2.05, 4.69) is 0 Å². The van der Waals surface area contributed by atoms with Gasteiger partial charge in [0.1, 0.15) is 0 Å². The van der Waals surface area contributed by atoms with Gasteiger partial charge in [0, 0.05) is 0 Å². The highest BCUT2D eigenvalue weighted by Gasteiger charge is 2.25. The van der Waals surface area contributed by atoms with Gasteiger partial charge in [0.15, 0.2) is 5.44 Å². The van der Waals surface area contributed by atoms with Crippen LogP contribution in [-0.2, 0) is 24.0 Å². The minimum Gasteiger partial charge on any atom is -0.394 e. The summed E-state index contributed by atoms with van der Waals surface area (Å²) in [5.41, 5.74) is -0.673. The van der Waals surface area contributed by atoms with Crippen LogP contribution in [0.1, 0.15) is 5.56 Å². The van der Waals surface area contributed by atoms with Crippen molar-refractivity contribution in [2.24, 2.45) is 0 Å². The highest BCUT2D eigenvalue weighted by atomic mass is 32.2. The molecule has 0 radical (unpaired) electrons. The molecule has 0 aromatic heterocycles. The molecule has 0 aliphatic heterocycles. The summed E-state index contributed by atoms with van der Waals surface area (Å²) in [6.07, 6.45) is 0. The third-order valence-electron chi connectivity index (χ3n) is 2.95. The zero-order valence-corrected chi connectivity index (χ0v) is 14.0. The second kappa shape index (κ2) is 10.7. The highest BCUT2D eigenvalue weighted by molar-refractivity contribution is 7.91. The summed E-state index contributed by atoms with van der Waals surface area (Å²) in [5, 5.41) is 18.3. The number of rotatable bonds is 12. The first-order valence-electron chi connectivity index (χ1n) is 7.31. The van der Waals surface area contributed by atoms with E-state index in [9.17, 15) is 13.5 Å². The Bertz CT molecular complexity index is 527. The molecule has 0 aliphatic carbocycles. The number of benzene rings is 1. The lowest BCUT2D eigenvalue weighted by Crippen LogP contribution is -2.27. The van der Waals surface area contributed by atoms with Gasteiger partial charge < -0.3 is 24.4 Å². The molecule has 1 aromatic carbocycles. The predicted molar refractivity (Wildman–Crippen MR) is 83.9 cm³/mol. The Morgan fingerprint density at radius 2 is 1.48 bits per heavy atom. The molecule has 0 amide bonds. The van der Waals surface area contributed by atoms with E-state index in [1.807, 2.05) is 6.92 Å². The molecule has 0 saturated carbocycles. The van der Waals surface area contributed by atoms with Crippen molar-refractivity contribution in [1.29, 1.82) is 0 Å². The summed E-state index contributed by atoms with van der Waals surface area (Å²) >= 11 is 0. The maximum atomic E-state index is 12.1. The Kier molecular flexibility index (Phi) is 9.30. The molecule has 0 fully saturated rings. The predicted octanol–water partition coefficient (Wildman–Crippen LogP) is 0.129. The lowest BCUT2D eigenvalue weighted by Gasteiger charge is -2.13. The van der Waals surface area contributed by atoms with E-state index in [1.165, 1.54) is 12.1 Å². The summed E-state index contributed by atoms with van der Waals surface area (Å²) in [7, 11) is -3.82. The minimum absolute atomic E-state index is 0.0313. The average molecular weight is 348 g/mol. The first kappa shape index (κ1) is 20.0. The van der Waals surface area contributed by atoms with Crippen LogP contribution in [0.5, 0.6) is 0 Å². The van der Waals surface area contributed by atoms with E-state index in [1.54, 1.807) is 12.1 Å². The van der Waals surface area contributed by atoms with Crippen molar-refractivity contribution < 1.29 is 32.8 Å². The fourth-order valence-electron chi connectivity index (χ4n) is 1.66. The van der Waals surface area contributed by atoms with Gasteiger partial charge in [0.05, 0.1) is 51.1 Å². The first-order chi connectivity index (χ1) is 11.0. The molecule has 7 nitrogen and oxygen atoms in total. The van der Waals surface area contributed by atoms with Crippen LogP contribution in [0.3, 0.4) is 0 Å². The quantitative estimate of drug-likeness (QED) is 0.518. The number of aryl methyl sites for hydroxylation is 1. The topological polar surface area (TPSA) is 102 Å². The standard InChI is InChI=1S/C15H24O7S/c1-13-2-4-14(5-3-13)23(18,19)15(17)12-22-11-10-21-9-8-20-7-6-16/h2-5,15-17H,6-12H2,1H3/t15-/m1/s1. The monoisotopic (exact) mass is 348 g/mol. The van der Waals surface area contributed by atoms with E-state index in [0.29, 0.717) is 13.2 Å². The van der Waals surface area contributed by atoms with E-state index < -0.39 is 15.3 Å². The molecule has 0 aliphatic rings. The Morgan fingerprint density at radius 1 is 0.957 bits per heavy atom. The summed E-state index contributed by atoms with van der Waals surface area (Å²) < 4.78 is 39.5. The number of ether oxygens (including phenoxy) is 3. The molecule has 2 N–H and O–H groups in total. The zero-order chi connectivity index (χ0) is 17.1. The van der Waals surface area contributed by atoms with Gasteiger partial charge in [-0.05, 0) is 19.1 Å². The Balaban J connectivity index is 2.23. The molecule has 132 valence electrons. The van der Waals surface area contributed by atoms with Crippen molar-refractivity contribution in [3.8, 4) is 0 Å². The second-order valence-corrected chi connectivity index (χ2v) is 6.94. The van der Waals surface area contributed by atoms with E-state index in [0.717, 1.165) is 5.56 Å². The second-order valence-electron chi connectivity index (χ2n) is 4.84. The SMILES string of the molecule is Cc1ccc(S(=O)(=O)[C@@H](O)COCCOCCOCCO)cc1. The lowest BCUT2D eigenvalue weighted by atomic mass is 10.2. The van der Waals surface area contributed by atoms with Crippen molar-refractivity contribution >= 4 is 9.84 Å². The molecule has 0 spiro atoms. The fraction of sp³-hybridized carbons (Fsp3) is 0.600. The van der Waals surface area contributed by atoms with Crippen LogP contribution in [0, 0.1) is 6.92 Å². The van der Waals surface area contributed by atoms with Gasteiger partial charge >= 0.3 is 0 Å². The molecule has 8 heteroatoms. The van der Waals surface area contributed by atoms with Gasteiger partial charge in [0.2, 0.25) is 9.84 Å². The maximum absolute atomic E-state index is 12.1. The minimum atomic E-state index is -3.82. The molecule has 0 unspecified atom stereocenters. The molecule has 1 atom stereocenters. The van der Waals surface area contributed by atoms with Crippen molar-refractivity contribution in [1.82, 2.24) is 0 Å². The van der Waals surface area contributed by atoms with Crippen LogP contribution in [0.2, 0.25) is 0 Å². The molecule has 0 bridgehead atoms. The number of hydrogen-bond acceptors (Lipinski definition) is 7. The Labute approximate surface area is 136 Å². The summed E-state index contributed by atoms with van der Waals surface area (Å²) in [4.78, 5) is 0.0662. The molecular formula is C15H24O7S. The smallest absolute Gasteiger partial charge is 0.207 e. The van der Waals surface area contributed by atoms with Crippen LogP contribution in [0.4, 0.5) is 0 Å². The maximum Gasteiger partial charge on any atom is 0.207 e. The van der Waals surface area contributed by atoms with Crippen molar-refractivity contribution in [3.63, 3.8) is 0 Å². The van der Waals surface area contributed by atoms with Crippen LogP contribution >= 0.6 is 0 Å². The average Bonchev–Trinajstić information content (AvgIpc) is 2.53. The Hall–Kier alpha value is -1.03. The number of aliphatic hydroxyl groups excluding tert-OH is 2. The zero-order valence-electron chi connectivity index (χ0n) is 13.2. The van der Waals surface area contributed by atoms with Crippen molar-refractivity contribution in [2.75, 3.05) is 46.2 Å². The number of hydrogen-bond donors (Lipinski definition) is 2. The number of sulfone groups is 1. The van der Waals surface area contributed by atoms with Crippen molar-refractivity contribution in [3.05, 3.63) is 29.8 Å². The third kappa shape index (κ3) is 7.38. The van der Waals surface area contributed by atoms with E-state index in [-0.39, 0.29) is 37.9 Å². The van der Waals surface area contributed by atoms with E-state index >= 15 is 0 Å². The van der Waals surface area contributed by atoms with Gasteiger partial charge in [-0.2, -0.15) is 0 Å². The largest absolute Gasteiger partial charge is 0.394 e. The normalized spacial score (nSPS) is 13.2. The van der Waals surface area contributed by atoms with Crippen LogP contribution in [0.25, 0.3) is 0 Å². The van der Waals surface area contributed by atoms with Gasteiger partial charge in [-0.15, -0.1) is 0 Å². The number of aliphatic hydroxyl groups is 2. The van der Waals surface area contributed by atoms with Crippen molar-refractivity contribution in [2.45, 2.75) is 17.3 Å². The van der Waals surface area contributed by atoms with Gasteiger partial charge in [-0.3, -0.25) is 0 Å². The van der Waals surface area contributed by atoms with Crippen LogP contribution in [-0.4, -0.2) is 70.3 Å². The lowest BCUT2D eigenvalue weighted by molar-refractivity contribution is -0.00167. The van der Waals surface area contributed by atoms with Gasteiger partial charge in [0.25, 0.3) is 0 Å². The Morgan fingerprint density at radius 3 is 2.04 bits per heavy atom. The summed E-state index contributed by atoms with van der Waals surface area (Å²) in [5.74, 6) is 0. The van der Waals surface area contributed by atoms with Crippen LogP contribution in [0.15, 0.2) is 29.2 Å². The van der Waals surface area contributed by atoms with Crippen LogP contribution < -0.4 is 0 Å². The molecule has 1 rings (SSSR count). The molecular weight excluding hydrogens is 324 g/mol. The third-order valence-corrected chi connectivity index (χ3v) is 4.73. The summed E-state index contributed by atoms with van der Waals surface area (Å²) in [6, 6.07) is 6.27. The highest BCUT2D eigenvalue weighted by Crippen LogP contribution is 2.15. The first-order valence-corrected chi connectivity index (χ1v) is 8.86. The van der Waals surface area contributed by atoms with Gasteiger partial charge in [-0.1, -0.05) is 17.7 Å². The van der Waals surface area contributed by atoms with Gasteiger partial charge in [-0.25, -0.2) is 8.42 Å². The molecule has 0 heterocycles. The molecule has 0 saturated heterocycles. The fourth-order valence-corrected chi connectivity index (χ4v) is 2.77. The summed E-state index contributed by atoms with van der Waals surface area (Å²) in [6.45, 7) is 2.92. The molecule has 1 aromatic rings. The molecule has 23 heavy (non-hydrogen) atoms.